The number of hydrogen-bond acceptors (Lipinski definition) is 4. The van der Waals surface area contributed by atoms with Crippen LogP contribution in [0.4, 0.5) is 4.79 Å². The third-order valence-electron chi connectivity index (χ3n) is 1.88. The van der Waals surface area contributed by atoms with Crippen LogP contribution < -0.4 is 5.73 Å². The fraction of sp³-hybridized carbons (Fsp3) is 0.700. The maximum absolute atomic E-state index is 11.7. The van der Waals surface area contributed by atoms with Gasteiger partial charge in [-0.05, 0) is 26.8 Å². The van der Waals surface area contributed by atoms with Gasteiger partial charge < -0.3 is 15.2 Å². The molecule has 0 saturated heterocycles. The van der Waals surface area contributed by atoms with E-state index in [1.54, 1.807) is 12.3 Å². The van der Waals surface area contributed by atoms with E-state index in [1.165, 1.54) is 4.90 Å². The SMILES string of the molecule is CC(C)(C)OC(=O)N1COC=CC1CN. The van der Waals surface area contributed by atoms with Gasteiger partial charge in [-0.2, -0.15) is 0 Å². The molecule has 15 heavy (non-hydrogen) atoms. The second kappa shape index (κ2) is 4.53. The van der Waals surface area contributed by atoms with Crippen molar-refractivity contribution in [1.82, 2.24) is 4.90 Å². The smallest absolute Gasteiger partial charge is 0.413 e. The molecule has 0 aromatic rings. The second-order valence-electron chi connectivity index (χ2n) is 4.38. The lowest BCUT2D eigenvalue weighted by molar-refractivity contribution is -0.00974. The average Bonchev–Trinajstić information content (AvgIpc) is 2.15. The molecule has 0 aliphatic carbocycles. The number of carbonyl (C=O) groups is 1. The summed E-state index contributed by atoms with van der Waals surface area (Å²) in [6.45, 7) is 6.02. The Labute approximate surface area is 89.8 Å². The van der Waals surface area contributed by atoms with E-state index in [1.807, 2.05) is 20.8 Å². The maximum Gasteiger partial charge on any atom is 0.413 e. The Morgan fingerprint density at radius 3 is 2.87 bits per heavy atom. The van der Waals surface area contributed by atoms with Crippen molar-refractivity contribution in [3.63, 3.8) is 0 Å². The molecule has 0 spiro atoms. The van der Waals surface area contributed by atoms with Crippen LogP contribution in [0.15, 0.2) is 12.3 Å². The van der Waals surface area contributed by atoms with E-state index >= 15 is 0 Å². The third kappa shape index (κ3) is 3.43. The molecule has 86 valence electrons. The lowest BCUT2D eigenvalue weighted by Gasteiger charge is -2.32. The zero-order valence-electron chi connectivity index (χ0n) is 9.40. The molecule has 0 aromatic carbocycles. The van der Waals surface area contributed by atoms with Crippen LogP contribution in [0.1, 0.15) is 20.8 Å². The fourth-order valence-corrected chi connectivity index (χ4v) is 1.18. The van der Waals surface area contributed by atoms with Gasteiger partial charge in [-0.15, -0.1) is 0 Å². The van der Waals surface area contributed by atoms with Crippen molar-refractivity contribution in [2.75, 3.05) is 13.3 Å². The molecule has 1 heterocycles. The Morgan fingerprint density at radius 2 is 2.33 bits per heavy atom. The minimum Gasteiger partial charge on any atom is -0.481 e. The first kappa shape index (κ1) is 11.8. The topological polar surface area (TPSA) is 64.8 Å². The number of nitrogens with zero attached hydrogens (tertiary/aromatic N) is 1. The van der Waals surface area contributed by atoms with Crippen LogP contribution >= 0.6 is 0 Å². The molecule has 1 unspecified atom stereocenters. The van der Waals surface area contributed by atoms with E-state index in [0.29, 0.717) is 6.54 Å². The van der Waals surface area contributed by atoms with Crippen molar-refractivity contribution in [3.8, 4) is 0 Å². The maximum atomic E-state index is 11.7. The number of hydrogen-bond donors (Lipinski definition) is 1. The number of carbonyl (C=O) groups excluding carboxylic acids is 1. The highest BCUT2D eigenvalue weighted by atomic mass is 16.6. The predicted octanol–water partition coefficient (Wildman–Crippen LogP) is 1.05. The number of amides is 1. The molecular formula is C10H18N2O3. The highest BCUT2D eigenvalue weighted by molar-refractivity contribution is 5.68. The molecule has 1 atom stereocenters. The van der Waals surface area contributed by atoms with E-state index in [9.17, 15) is 4.79 Å². The summed E-state index contributed by atoms with van der Waals surface area (Å²) in [5, 5.41) is 0. The number of nitrogens with two attached hydrogens (primary N) is 1. The van der Waals surface area contributed by atoms with Gasteiger partial charge in [-0.25, -0.2) is 4.79 Å². The predicted molar refractivity (Wildman–Crippen MR) is 56.0 cm³/mol. The van der Waals surface area contributed by atoms with E-state index in [-0.39, 0.29) is 12.8 Å². The molecule has 0 fully saturated rings. The van der Waals surface area contributed by atoms with Gasteiger partial charge in [0.2, 0.25) is 0 Å². The number of rotatable bonds is 1. The van der Waals surface area contributed by atoms with Gasteiger partial charge in [0.1, 0.15) is 5.60 Å². The van der Waals surface area contributed by atoms with Crippen molar-refractivity contribution in [1.29, 1.82) is 0 Å². The first-order chi connectivity index (χ1) is 6.94. The van der Waals surface area contributed by atoms with Crippen LogP contribution in [0.25, 0.3) is 0 Å². The van der Waals surface area contributed by atoms with Crippen LogP contribution in [0.2, 0.25) is 0 Å². The van der Waals surface area contributed by atoms with Gasteiger partial charge in [0.15, 0.2) is 6.73 Å². The lowest BCUT2D eigenvalue weighted by atomic mass is 10.2. The van der Waals surface area contributed by atoms with Crippen molar-refractivity contribution in [2.45, 2.75) is 32.4 Å². The molecule has 2 N–H and O–H groups in total. The molecule has 1 amide bonds. The fourth-order valence-electron chi connectivity index (χ4n) is 1.18. The van der Waals surface area contributed by atoms with Crippen LogP contribution in [-0.4, -0.2) is 35.9 Å². The Bertz CT molecular complexity index is 258. The van der Waals surface area contributed by atoms with E-state index in [2.05, 4.69) is 0 Å². The summed E-state index contributed by atoms with van der Waals surface area (Å²) in [6, 6.07) is -0.145. The monoisotopic (exact) mass is 214 g/mol. The van der Waals surface area contributed by atoms with E-state index in [0.717, 1.165) is 0 Å². The molecule has 5 nitrogen and oxygen atoms in total. The Balaban J connectivity index is 2.62. The quantitative estimate of drug-likeness (QED) is 0.708. The summed E-state index contributed by atoms with van der Waals surface area (Å²) in [4.78, 5) is 13.2. The molecule has 0 radical (unpaired) electrons. The Hall–Kier alpha value is -1.23. The highest BCUT2D eigenvalue weighted by Crippen LogP contribution is 2.14. The van der Waals surface area contributed by atoms with Crippen molar-refractivity contribution in [3.05, 3.63) is 12.3 Å². The molecule has 0 aromatic heterocycles. The Kier molecular flexibility index (Phi) is 3.57. The lowest BCUT2D eigenvalue weighted by Crippen LogP contribution is -2.48. The van der Waals surface area contributed by atoms with Crippen molar-refractivity contribution >= 4 is 6.09 Å². The summed E-state index contributed by atoms with van der Waals surface area (Å²) in [6.07, 6.45) is 2.90. The summed E-state index contributed by atoms with van der Waals surface area (Å²) in [5.74, 6) is 0. The number of ether oxygens (including phenoxy) is 2. The molecule has 0 saturated carbocycles. The highest BCUT2D eigenvalue weighted by Gasteiger charge is 2.28. The average molecular weight is 214 g/mol. The van der Waals surface area contributed by atoms with Gasteiger partial charge in [-0.3, -0.25) is 4.90 Å². The summed E-state index contributed by atoms with van der Waals surface area (Å²) in [5.41, 5.74) is 5.04. The normalized spacial score (nSPS) is 21.1. The van der Waals surface area contributed by atoms with Gasteiger partial charge in [0.05, 0.1) is 12.3 Å². The summed E-state index contributed by atoms with van der Waals surface area (Å²) < 4.78 is 10.3. The molecule has 1 aliphatic rings. The Morgan fingerprint density at radius 1 is 1.67 bits per heavy atom. The van der Waals surface area contributed by atoms with Gasteiger partial charge >= 0.3 is 6.09 Å². The molecule has 5 heteroatoms. The second-order valence-corrected chi connectivity index (χ2v) is 4.38. The van der Waals surface area contributed by atoms with Crippen molar-refractivity contribution < 1.29 is 14.3 Å². The molecular weight excluding hydrogens is 196 g/mol. The standard InChI is InChI=1S/C10H18N2O3/c1-10(2,3)15-9(13)12-7-14-5-4-8(12)6-11/h4-5,8H,6-7,11H2,1-3H3. The van der Waals surface area contributed by atoms with E-state index < -0.39 is 11.7 Å². The van der Waals surface area contributed by atoms with Crippen molar-refractivity contribution in [2.24, 2.45) is 5.73 Å². The molecule has 1 aliphatic heterocycles. The minimum atomic E-state index is -0.503. The van der Waals surface area contributed by atoms with Crippen LogP contribution in [0.3, 0.4) is 0 Å². The van der Waals surface area contributed by atoms with Crippen LogP contribution in [-0.2, 0) is 9.47 Å². The zero-order chi connectivity index (χ0) is 11.5. The zero-order valence-corrected chi connectivity index (χ0v) is 9.40. The first-order valence-electron chi connectivity index (χ1n) is 4.92. The summed E-state index contributed by atoms with van der Waals surface area (Å²) in [7, 11) is 0. The van der Waals surface area contributed by atoms with Gasteiger partial charge in [-0.1, -0.05) is 0 Å². The largest absolute Gasteiger partial charge is 0.481 e. The third-order valence-corrected chi connectivity index (χ3v) is 1.88. The first-order valence-corrected chi connectivity index (χ1v) is 4.92. The van der Waals surface area contributed by atoms with Crippen LogP contribution in [0, 0.1) is 0 Å². The van der Waals surface area contributed by atoms with Crippen LogP contribution in [0.5, 0.6) is 0 Å². The summed E-state index contributed by atoms with van der Waals surface area (Å²) >= 11 is 0. The molecule has 1 rings (SSSR count). The van der Waals surface area contributed by atoms with Gasteiger partial charge in [0.25, 0.3) is 0 Å². The minimum absolute atomic E-state index is 0.145. The van der Waals surface area contributed by atoms with E-state index in [4.69, 9.17) is 15.2 Å². The molecule has 0 bridgehead atoms. The van der Waals surface area contributed by atoms with Gasteiger partial charge in [0, 0.05) is 6.54 Å².